The van der Waals surface area contributed by atoms with Gasteiger partial charge in [0.05, 0.1) is 5.02 Å². The summed E-state index contributed by atoms with van der Waals surface area (Å²) in [5, 5.41) is 1.91. The second-order valence-corrected chi connectivity index (χ2v) is 5.05. The molecule has 0 radical (unpaired) electrons. The third-order valence-corrected chi connectivity index (χ3v) is 2.81. The van der Waals surface area contributed by atoms with Crippen molar-refractivity contribution in [2.45, 2.75) is 26.2 Å². The van der Waals surface area contributed by atoms with Crippen LogP contribution in [0.1, 0.15) is 26.3 Å². The Hall–Kier alpha value is -0.950. The van der Waals surface area contributed by atoms with Gasteiger partial charge in [-0.1, -0.05) is 38.4 Å². The van der Waals surface area contributed by atoms with Crippen molar-refractivity contribution in [2.24, 2.45) is 0 Å². The van der Waals surface area contributed by atoms with E-state index in [1.807, 2.05) is 6.20 Å². The highest BCUT2D eigenvalue weighted by molar-refractivity contribution is 6.35. The molecule has 0 spiro atoms. The van der Waals surface area contributed by atoms with Crippen molar-refractivity contribution in [1.82, 2.24) is 4.98 Å². The van der Waals surface area contributed by atoms with Crippen molar-refractivity contribution in [2.75, 3.05) is 0 Å². The van der Waals surface area contributed by atoms with Gasteiger partial charge in [0.15, 0.2) is 0 Å². The van der Waals surface area contributed by atoms with Crippen molar-refractivity contribution in [3.05, 3.63) is 35.0 Å². The van der Waals surface area contributed by atoms with E-state index in [0.717, 1.165) is 15.9 Å². The molecule has 74 valence electrons. The first-order valence-electron chi connectivity index (χ1n) is 4.75. The Balaban J connectivity index is 2.66. The molecule has 0 atom stereocenters. The summed E-state index contributed by atoms with van der Waals surface area (Å²) < 4.78 is 0. The summed E-state index contributed by atoms with van der Waals surface area (Å²) in [7, 11) is 0. The molecule has 0 aliphatic rings. The zero-order valence-corrected chi connectivity index (χ0v) is 9.44. The second-order valence-electron chi connectivity index (χ2n) is 4.65. The highest BCUT2D eigenvalue weighted by atomic mass is 35.5. The van der Waals surface area contributed by atoms with Crippen molar-refractivity contribution >= 4 is 22.5 Å². The van der Waals surface area contributed by atoms with E-state index in [1.54, 1.807) is 0 Å². The number of rotatable bonds is 0. The average molecular weight is 208 g/mol. The Morgan fingerprint density at radius 3 is 2.57 bits per heavy atom. The van der Waals surface area contributed by atoms with Crippen LogP contribution in [-0.4, -0.2) is 4.98 Å². The molecule has 0 amide bonds. The van der Waals surface area contributed by atoms with Crippen LogP contribution < -0.4 is 0 Å². The number of aromatic amines is 1. The molecule has 1 aromatic heterocycles. The summed E-state index contributed by atoms with van der Waals surface area (Å²) in [6, 6.07) is 6.39. The topological polar surface area (TPSA) is 15.8 Å². The summed E-state index contributed by atoms with van der Waals surface area (Å²) in [6.07, 6.45) is 1.83. The van der Waals surface area contributed by atoms with Gasteiger partial charge in [-0.15, -0.1) is 0 Å². The van der Waals surface area contributed by atoms with Crippen LogP contribution in [0.3, 0.4) is 0 Å². The van der Waals surface area contributed by atoms with Gasteiger partial charge in [-0.25, -0.2) is 0 Å². The fourth-order valence-corrected chi connectivity index (χ4v) is 1.76. The van der Waals surface area contributed by atoms with Gasteiger partial charge in [0, 0.05) is 17.1 Å². The zero-order valence-electron chi connectivity index (χ0n) is 8.69. The monoisotopic (exact) mass is 207 g/mol. The van der Waals surface area contributed by atoms with Crippen LogP contribution in [0.25, 0.3) is 10.9 Å². The zero-order chi connectivity index (χ0) is 10.3. The predicted octanol–water partition coefficient (Wildman–Crippen LogP) is 4.12. The third kappa shape index (κ3) is 1.53. The SMILES string of the molecule is CC(C)(C)c1ccc2[nH]cc(Cl)c2c1. The number of H-pyrrole nitrogens is 1. The van der Waals surface area contributed by atoms with Crippen molar-refractivity contribution in [3.8, 4) is 0 Å². The van der Waals surface area contributed by atoms with E-state index in [-0.39, 0.29) is 5.41 Å². The molecule has 2 heteroatoms. The van der Waals surface area contributed by atoms with Crippen LogP contribution in [0, 0.1) is 0 Å². The Morgan fingerprint density at radius 2 is 1.93 bits per heavy atom. The van der Waals surface area contributed by atoms with E-state index >= 15 is 0 Å². The molecule has 2 rings (SSSR count). The number of benzene rings is 1. The Bertz CT molecular complexity index is 463. The van der Waals surface area contributed by atoms with Gasteiger partial charge in [-0.2, -0.15) is 0 Å². The maximum Gasteiger partial charge on any atom is 0.0659 e. The summed E-state index contributed by atoms with van der Waals surface area (Å²) in [4.78, 5) is 3.13. The molecule has 0 saturated carbocycles. The summed E-state index contributed by atoms with van der Waals surface area (Å²) >= 11 is 6.06. The van der Waals surface area contributed by atoms with E-state index in [9.17, 15) is 0 Å². The van der Waals surface area contributed by atoms with E-state index in [2.05, 4.69) is 44.0 Å². The molecule has 14 heavy (non-hydrogen) atoms. The van der Waals surface area contributed by atoms with E-state index in [1.165, 1.54) is 5.56 Å². The third-order valence-electron chi connectivity index (χ3n) is 2.50. The first kappa shape index (κ1) is 9.60. The summed E-state index contributed by atoms with van der Waals surface area (Å²) in [5.74, 6) is 0. The lowest BCUT2D eigenvalue weighted by Crippen LogP contribution is -2.10. The summed E-state index contributed by atoms with van der Waals surface area (Å²) in [6.45, 7) is 6.61. The van der Waals surface area contributed by atoms with Gasteiger partial charge >= 0.3 is 0 Å². The van der Waals surface area contributed by atoms with Crippen LogP contribution in [0.4, 0.5) is 0 Å². The number of hydrogen-bond acceptors (Lipinski definition) is 0. The Labute approximate surface area is 89.1 Å². The fraction of sp³-hybridized carbons (Fsp3) is 0.333. The first-order valence-corrected chi connectivity index (χ1v) is 5.13. The quantitative estimate of drug-likeness (QED) is 0.669. The minimum absolute atomic E-state index is 0.175. The first-order chi connectivity index (χ1) is 6.48. The van der Waals surface area contributed by atoms with E-state index in [0.29, 0.717) is 0 Å². The molecule has 1 aromatic carbocycles. The molecule has 0 saturated heterocycles. The van der Waals surface area contributed by atoms with Crippen molar-refractivity contribution in [3.63, 3.8) is 0 Å². The van der Waals surface area contributed by atoms with Gasteiger partial charge < -0.3 is 4.98 Å². The summed E-state index contributed by atoms with van der Waals surface area (Å²) in [5.41, 5.74) is 2.59. The highest BCUT2D eigenvalue weighted by Gasteiger charge is 2.14. The van der Waals surface area contributed by atoms with Gasteiger partial charge in [0.1, 0.15) is 0 Å². The number of halogens is 1. The molecule has 1 N–H and O–H groups in total. The van der Waals surface area contributed by atoms with Crippen molar-refractivity contribution in [1.29, 1.82) is 0 Å². The Kier molecular flexibility index (Phi) is 2.07. The normalized spacial score (nSPS) is 12.3. The lowest BCUT2D eigenvalue weighted by atomic mass is 9.86. The van der Waals surface area contributed by atoms with Crippen LogP contribution in [0.15, 0.2) is 24.4 Å². The molecular formula is C12H14ClN. The maximum absolute atomic E-state index is 6.06. The van der Waals surface area contributed by atoms with Crippen molar-refractivity contribution < 1.29 is 0 Å². The Morgan fingerprint density at radius 1 is 1.21 bits per heavy atom. The molecule has 0 aliphatic carbocycles. The van der Waals surface area contributed by atoms with Gasteiger partial charge in [-0.3, -0.25) is 0 Å². The number of nitrogens with one attached hydrogen (secondary N) is 1. The molecule has 1 heterocycles. The molecule has 2 aromatic rings. The number of fused-ring (bicyclic) bond motifs is 1. The number of aromatic nitrogens is 1. The molecule has 0 aliphatic heterocycles. The largest absolute Gasteiger partial charge is 0.360 e. The standard InChI is InChI=1S/C12H14ClN/c1-12(2,3)8-4-5-11-9(6-8)10(13)7-14-11/h4-7,14H,1-3H3. The van der Waals surface area contributed by atoms with Crippen LogP contribution in [-0.2, 0) is 5.41 Å². The molecule has 0 fully saturated rings. The molecule has 0 bridgehead atoms. The van der Waals surface area contributed by atoms with Crippen LogP contribution in [0.5, 0.6) is 0 Å². The minimum atomic E-state index is 0.175. The van der Waals surface area contributed by atoms with E-state index < -0.39 is 0 Å². The average Bonchev–Trinajstić information content (AvgIpc) is 2.46. The molecule has 1 nitrogen and oxygen atoms in total. The van der Waals surface area contributed by atoms with Gasteiger partial charge in [0.25, 0.3) is 0 Å². The van der Waals surface area contributed by atoms with Crippen LogP contribution in [0.2, 0.25) is 5.02 Å². The second kappa shape index (κ2) is 3.03. The predicted molar refractivity (Wildman–Crippen MR) is 62.0 cm³/mol. The van der Waals surface area contributed by atoms with E-state index in [4.69, 9.17) is 11.6 Å². The molecule has 0 unspecified atom stereocenters. The van der Waals surface area contributed by atoms with Gasteiger partial charge in [0.2, 0.25) is 0 Å². The number of hydrogen-bond donors (Lipinski definition) is 1. The lowest BCUT2D eigenvalue weighted by Gasteiger charge is -2.18. The smallest absolute Gasteiger partial charge is 0.0659 e. The lowest BCUT2D eigenvalue weighted by molar-refractivity contribution is 0.591. The maximum atomic E-state index is 6.06. The minimum Gasteiger partial charge on any atom is -0.360 e. The van der Waals surface area contributed by atoms with Gasteiger partial charge in [-0.05, 0) is 23.1 Å². The van der Waals surface area contributed by atoms with Crippen LogP contribution >= 0.6 is 11.6 Å². The highest BCUT2D eigenvalue weighted by Crippen LogP contribution is 2.29. The fourth-order valence-electron chi connectivity index (χ4n) is 1.55. The molecular weight excluding hydrogens is 194 g/mol.